The van der Waals surface area contributed by atoms with Crippen molar-refractivity contribution in [1.29, 1.82) is 0 Å². The van der Waals surface area contributed by atoms with E-state index >= 15 is 0 Å². The third-order valence-corrected chi connectivity index (χ3v) is 3.31. The molecule has 0 bridgehead atoms. The summed E-state index contributed by atoms with van der Waals surface area (Å²) < 4.78 is 2.26. The van der Waals surface area contributed by atoms with Gasteiger partial charge in [0.25, 0.3) is 0 Å². The smallest absolute Gasteiger partial charge is 0.0475 e. The van der Waals surface area contributed by atoms with Gasteiger partial charge in [-0.25, -0.2) is 0 Å². The number of benzene rings is 2. The number of hydrogen-bond donors (Lipinski definition) is 0. The minimum atomic E-state index is 0.905. The van der Waals surface area contributed by atoms with Crippen LogP contribution in [0.4, 0.5) is 0 Å². The van der Waals surface area contributed by atoms with Crippen LogP contribution in [0.15, 0.2) is 79.0 Å². The number of nitrogens with zero attached hydrogens (tertiary/aromatic N) is 1. The SMILES string of the molecule is C(=C\c1cccn1Cc1ccccc1)/c1ccccc1. The lowest BCUT2D eigenvalue weighted by molar-refractivity contribution is 0.798. The van der Waals surface area contributed by atoms with Crippen molar-refractivity contribution in [2.24, 2.45) is 0 Å². The normalized spacial score (nSPS) is 11.0. The van der Waals surface area contributed by atoms with Gasteiger partial charge in [0.15, 0.2) is 0 Å². The van der Waals surface area contributed by atoms with Crippen molar-refractivity contribution >= 4 is 12.2 Å². The molecule has 1 heteroatoms. The molecule has 0 atom stereocenters. The summed E-state index contributed by atoms with van der Waals surface area (Å²) in [4.78, 5) is 0. The van der Waals surface area contributed by atoms with E-state index < -0.39 is 0 Å². The molecule has 1 heterocycles. The van der Waals surface area contributed by atoms with E-state index in [4.69, 9.17) is 0 Å². The Labute approximate surface area is 119 Å². The molecule has 3 rings (SSSR count). The maximum absolute atomic E-state index is 2.26. The molecule has 1 aromatic heterocycles. The van der Waals surface area contributed by atoms with E-state index in [1.165, 1.54) is 16.8 Å². The van der Waals surface area contributed by atoms with Crippen molar-refractivity contribution in [3.05, 3.63) is 95.8 Å². The van der Waals surface area contributed by atoms with E-state index in [9.17, 15) is 0 Å². The number of rotatable bonds is 4. The summed E-state index contributed by atoms with van der Waals surface area (Å²) in [5, 5.41) is 0. The lowest BCUT2D eigenvalue weighted by atomic mass is 10.2. The quantitative estimate of drug-likeness (QED) is 0.639. The zero-order chi connectivity index (χ0) is 13.6. The highest BCUT2D eigenvalue weighted by molar-refractivity contribution is 5.68. The second-order valence-electron chi connectivity index (χ2n) is 4.79. The Bertz CT molecular complexity index is 678. The first-order valence-electron chi connectivity index (χ1n) is 6.84. The summed E-state index contributed by atoms with van der Waals surface area (Å²) in [5.41, 5.74) is 3.76. The summed E-state index contributed by atoms with van der Waals surface area (Å²) in [6, 6.07) is 25.1. The van der Waals surface area contributed by atoms with Gasteiger partial charge in [-0.1, -0.05) is 66.7 Å². The van der Waals surface area contributed by atoms with Crippen molar-refractivity contribution < 1.29 is 0 Å². The third-order valence-electron chi connectivity index (χ3n) is 3.31. The van der Waals surface area contributed by atoms with Crippen molar-refractivity contribution in [2.45, 2.75) is 6.54 Å². The van der Waals surface area contributed by atoms with Gasteiger partial charge in [-0.15, -0.1) is 0 Å². The molecular weight excluding hydrogens is 242 g/mol. The first kappa shape index (κ1) is 12.5. The minimum absolute atomic E-state index is 0.905. The molecule has 0 saturated carbocycles. The third kappa shape index (κ3) is 3.07. The van der Waals surface area contributed by atoms with Gasteiger partial charge in [0.1, 0.15) is 0 Å². The fourth-order valence-corrected chi connectivity index (χ4v) is 2.25. The largest absolute Gasteiger partial charge is 0.344 e. The molecule has 0 aliphatic rings. The molecule has 2 aromatic carbocycles. The molecule has 0 radical (unpaired) electrons. The number of aromatic nitrogens is 1. The molecule has 0 aliphatic carbocycles. The summed E-state index contributed by atoms with van der Waals surface area (Å²) in [5.74, 6) is 0. The van der Waals surface area contributed by atoms with Gasteiger partial charge in [-0.2, -0.15) is 0 Å². The molecular formula is C19H17N. The van der Waals surface area contributed by atoms with Crippen LogP contribution in [0, 0.1) is 0 Å². The maximum Gasteiger partial charge on any atom is 0.0475 e. The summed E-state index contributed by atoms with van der Waals surface area (Å²) in [6.45, 7) is 0.905. The average Bonchev–Trinajstić information content (AvgIpc) is 2.94. The fraction of sp³-hybridized carbons (Fsp3) is 0.0526. The monoisotopic (exact) mass is 259 g/mol. The second kappa shape index (κ2) is 6.07. The van der Waals surface area contributed by atoms with Crippen molar-refractivity contribution in [1.82, 2.24) is 4.57 Å². The summed E-state index contributed by atoms with van der Waals surface area (Å²) in [6.07, 6.45) is 6.44. The molecule has 0 spiro atoms. The highest BCUT2D eigenvalue weighted by Gasteiger charge is 1.98. The Hall–Kier alpha value is -2.54. The average molecular weight is 259 g/mol. The van der Waals surface area contributed by atoms with Gasteiger partial charge in [0.05, 0.1) is 0 Å². The molecule has 20 heavy (non-hydrogen) atoms. The highest BCUT2D eigenvalue weighted by atomic mass is 15.0. The first-order chi connectivity index (χ1) is 9.92. The van der Waals surface area contributed by atoms with Crippen LogP contribution in [0.2, 0.25) is 0 Å². The van der Waals surface area contributed by atoms with Crippen LogP contribution < -0.4 is 0 Å². The van der Waals surface area contributed by atoms with Gasteiger partial charge >= 0.3 is 0 Å². The molecule has 0 aliphatic heterocycles. The maximum atomic E-state index is 2.26. The molecule has 0 fully saturated rings. The topological polar surface area (TPSA) is 4.93 Å². The molecule has 0 unspecified atom stereocenters. The molecule has 0 amide bonds. The zero-order valence-corrected chi connectivity index (χ0v) is 11.3. The van der Waals surface area contributed by atoms with Gasteiger partial charge in [-0.05, 0) is 29.3 Å². The minimum Gasteiger partial charge on any atom is -0.344 e. The van der Waals surface area contributed by atoms with Crippen molar-refractivity contribution in [3.63, 3.8) is 0 Å². The molecule has 0 N–H and O–H groups in total. The van der Waals surface area contributed by atoms with E-state index in [-0.39, 0.29) is 0 Å². The van der Waals surface area contributed by atoms with Gasteiger partial charge in [0.2, 0.25) is 0 Å². The van der Waals surface area contributed by atoms with E-state index in [0.29, 0.717) is 0 Å². The van der Waals surface area contributed by atoms with Gasteiger partial charge in [0, 0.05) is 18.4 Å². The molecule has 1 nitrogen and oxygen atoms in total. The fourth-order valence-electron chi connectivity index (χ4n) is 2.25. The molecule has 3 aromatic rings. The van der Waals surface area contributed by atoms with Crippen molar-refractivity contribution in [3.8, 4) is 0 Å². The van der Waals surface area contributed by atoms with E-state index in [2.05, 4.69) is 89.6 Å². The van der Waals surface area contributed by atoms with Crippen LogP contribution in [-0.2, 0) is 6.54 Å². The van der Waals surface area contributed by atoms with Crippen LogP contribution in [0.1, 0.15) is 16.8 Å². The highest BCUT2D eigenvalue weighted by Crippen LogP contribution is 2.11. The van der Waals surface area contributed by atoms with Crippen LogP contribution in [0.5, 0.6) is 0 Å². The Morgan fingerprint density at radius 3 is 2.15 bits per heavy atom. The van der Waals surface area contributed by atoms with Crippen LogP contribution in [-0.4, -0.2) is 4.57 Å². The molecule has 98 valence electrons. The van der Waals surface area contributed by atoms with E-state index in [1.807, 2.05) is 6.07 Å². The van der Waals surface area contributed by atoms with Crippen LogP contribution in [0.25, 0.3) is 12.2 Å². The predicted octanol–water partition coefficient (Wildman–Crippen LogP) is 4.71. The van der Waals surface area contributed by atoms with Gasteiger partial charge in [-0.3, -0.25) is 0 Å². The summed E-state index contributed by atoms with van der Waals surface area (Å²) >= 11 is 0. The lowest BCUT2D eigenvalue weighted by Crippen LogP contribution is -1.99. The van der Waals surface area contributed by atoms with E-state index in [1.54, 1.807) is 0 Å². The first-order valence-corrected chi connectivity index (χ1v) is 6.84. The summed E-state index contributed by atoms with van der Waals surface area (Å²) in [7, 11) is 0. The predicted molar refractivity (Wildman–Crippen MR) is 85.3 cm³/mol. The van der Waals surface area contributed by atoms with Crippen LogP contribution >= 0.6 is 0 Å². The zero-order valence-electron chi connectivity index (χ0n) is 11.3. The standard InChI is InChI=1S/C19H17N/c1-3-8-17(9-4-1)13-14-19-12-7-15-20(19)16-18-10-5-2-6-11-18/h1-15H,16H2/b14-13+. The van der Waals surface area contributed by atoms with Crippen LogP contribution in [0.3, 0.4) is 0 Å². The lowest BCUT2D eigenvalue weighted by Gasteiger charge is -2.06. The Kier molecular flexibility index (Phi) is 3.79. The van der Waals surface area contributed by atoms with Gasteiger partial charge < -0.3 is 4.57 Å². The number of hydrogen-bond acceptors (Lipinski definition) is 0. The second-order valence-corrected chi connectivity index (χ2v) is 4.79. The van der Waals surface area contributed by atoms with E-state index in [0.717, 1.165) is 6.54 Å². The Balaban J connectivity index is 1.79. The Morgan fingerprint density at radius 2 is 1.40 bits per heavy atom. The molecule has 0 saturated heterocycles. The van der Waals surface area contributed by atoms with Crippen molar-refractivity contribution in [2.75, 3.05) is 0 Å². The Morgan fingerprint density at radius 1 is 0.700 bits per heavy atom.